The molecule has 3 rings (SSSR count). The Morgan fingerprint density at radius 2 is 1.84 bits per heavy atom. The summed E-state index contributed by atoms with van der Waals surface area (Å²) in [5, 5.41) is 2.77. The lowest BCUT2D eigenvalue weighted by Gasteiger charge is -2.32. The van der Waals surface area contributed by atoms with Crippen molar-refractivity contribution in [2.45, 2.75) is 6.92 Å². The highest BCUT2D eigenvalue weighted by Gasteiger charge is 2.22. The van der Waals surface area contributed by atoms with E-state index in [1.807, 2.05) is 7.05 Å². The Morgan fingerprint density at radius 1 is 1.12 bits per heavy atom. The second-order valence-corrected chi connectivity index (χ2v) is 6.03. The molecular formula is C17H19F2N5O. The van der Waals surface area contributed by atoms with Crippen LogP contribution in [0.3, 0.4) is 0 Å². The topological polar surface area (TPSA) is 61.4 Å². The average Bonchev–Trinajstić information content (AvgIpc) is 2.57. The van der Waals surface area contributed by atoms with Crippen molar-refractivity contribution in [1.29, 1.82) is 0 Å². The largest absolute Gasteiger partial charge is 0.338 e. The number of carbonyl (C=O) groups is 1. The molecule has 1 aromatic carbocycles. The number of hydrogen-bond acceptors (Lipinski definition) is 5. The highest BCUT2D eigenvalue weighted by molar-refractivity contribution is 5.93. The molecule has 1 amide bonds. The van der Waals surface area contributed by atoms with Crippen LogP contribution in [-0.2, 0) is 0 Å². The summed E-state index contributed by atoms with van der Waals surface area (Å²) >= 11 is 0. The van der Waals surface area contributed by atoms with Crippen molar-refractivity contribution < 1.29 is 13.6 Å². The van der Waals surface area contributed by atoms with Gasteiger partial charge in [0.2, 0.25) is 0 Å². The number of likely N-dealkylation sites (N-methyl/N-ethyl adjacent to an activating group) is 1. The third-order valence-corrected chi connectivity index (χ3v) is 4.04. The first-order chi connectivity index (χ1) is 11.9. The van der Waals surface area contributed by atoms with Crippen molar-refractivity contribution in [3.63, 3.8) is 0 Å². The quantitative estimate of drug-likeness (QED) is 0.922. The number of benzene rings is 1. The van der Waals surface area contributed by atoms with Gasteiger partial charge < -0.3 is 15.1 Å². The van der Waals surface area contributed by atoms with Crippen LogP contribution in [0.15, 0.2) is 24.3 Å². The van der Waals surface area contributed by atoms with Crippen LogP contribution in [0, 0.1) is 18.6 Å². The number of aromatic nitrogens is 2. The van der Waals surface area contributed by atoms with E-state index in [1.165, 1.54) is 12.1 Å². The molecule has 0 radical (unpaired) electrons. The van der Waals surface area contributed by atoms with Gasteiger partial charge in [-0.2, -0.15) is 0 Å². The molecular weight excluding hydrogens is 328 g/mol. The highest BCUT2D eigenvalue weighted by Crippen LogP contribution is 2.20. The number of anilines is 2. The predicted octanol–water partition coefficient (Wildman–Crippen LogP) is 2.19. The van der Waals surface area contributed by atoms with Gasteiger partial charge in [-0.1, -0.05) is 0 Å². The first kappa shape index (κ1) is 17.2. The summed E-state index contributed by atoms with van der Waals surface area (Å²) in [5.74, 6) is -0.891. The molecule has 1 aliphatic heterocycles. The summed E-state index contributed by atoms with van der Waals surface area (Å²) in [4.78, 5) is 24.9. The maximum absolute atomic E-state index is 13.8. The molecule has 0 saturated carbocycles. The number of hydrogen-bond donors (Lipinski definition) is 1. The third-order valence-electron chi connectivity index (χ3n) is 4.04. The van der Waals surface area contributed by atoms with Crippen LogP contribution in [0.4, 0.5) is 20.3 Å². The van der Waals surface area contributed by atoms with Gasteiger partial charge in [0.15, 0.2) is 0 Å². The Bertz CT molecular complexity index is 791. The second kappa shape index (κ2) is 7.10. The Morgan fingerprint density at radius 3 is 2.52 bits per heavy atom. The number of halogens is 2. The van der Waals surface area contributed by atoms with Crippen LogP contribution in [-0.4, -0.2) is 58.9 Å². The molecule has 1 N–H and O–H groups in total. The van der Waals surface area contributed by atoms with Gasteiger partial charge >= 0.3 is 0 Å². The van der Waals surface area contributed by atoms with Crippen LogP contribution in [0.2, 0.25) is 0 Å². The molecule has 1 aliphatic rings. The van der Waals surface area contributed by atoms with Gasteiger partial charge in [-0.25, -0.2) is 18.7 Å². The predicted molar refractivity (Wildman–Crippen MR) is 89.8 cm³/mol. The van der Waals surface area contributed by atoms with Gasteiger partial charge in [0.25, 0.3) is 5.91 Å². The Kier molecular flexibility index (Phi) is 4.89. The van der Waals surface area contributed by atoms with Crippen LogP contribution < -0.4 is 5.32 Å². The lowest BCUT2D eigenvalue weighted by atomic mass is 10.2. The van der Waals surface area contributed by atoms with Crippen LogP contribution in [0.5, 0.6) is 0 Å². The summed E-state index contributed by atoms with van der Waals surface area (Å²) in [6.07, 6.45) is 0. The molecule has 1 saturated heterocycles. The van der Waals surface area contributed by atoms with Crippen molar-refractivity contribution in [1.82, 2.24) is 19.8 Å². The fourth-order valence-corrected chi connectivity index (χ4v) is 2.64. The molecule has 1 aromatic heterocycles. The van der Waals surface area contributed by atoms with Crippen molar-refractivity contribution in [3.05, 3.63) is 47.4 Å². The van der Waals surface area contributed by atoms with Crippen molar-refractivity contribution in [2.24, 2.45) is 0 Å². The maximum atomic E-state index is 13.8. The van der Waals surface area contributed by atoms with Crippen molar-refractivity contribution in [2.75, 3.05) is 38.5 Å². The summed E-state index contributed by atoms with van der Waals surface area (Å²) in [7, 11) is 2.01. The molecule has 8 heteroatoms. The molecule has 0 unspecified atom stereocenters. The number of amides is 1. The van der Waals surface area contributed by atoms with E-state index < -0.39 is 11.6 Å². The third kappa shape index (κ3) is 4.08. The number of carbonyl (C=O) groups excluding carboxylic acids is 1. The average molecular weight is 347 g/mol. The first-order valence-corrected chi connectivity index (χ1v) is 7.98. The lowest BCUT2D eigenvalue weighted by Crippen LogP contribution is -2.47. The molecule has 0 atom stereocenters. The van der Waals surface area contributed by atoms with E-state index in [0.717, 1.165) is 25.2 Å². The maximum Gasteiger partial charge on any atom is 0.272 e. The number of piperazine rings is 1. The van der Waals surface area contributed by atoms with Gasteiger partial charge in [-0.15, -0.1) is 0 Å². The monoisotopic (exact) mass is 347 g/mol. The van der Waals surface area contributed by atoms with E-state index in [0.29, 0.717) is 18.9 Å². The van der Waals surface area contributed by atoms with Crippen molar-refractivity contribution >= 4 is 17.4 Å². The summed E-state index contributed by atoms with van der Waals surface area (Å²) in [6.45, 7) is 4.54. The molecule has 6 nitrogen and oxygen atoms in total. The van der Waals surface area contributed by atoms with E-state index in [2.05, 4.69) is 20.2 Å². The zero-order chi connectivity index (χ0) is 18.0. The minimum absolute atomic E-state index is 0.0810. The second-order valence-electron chi connectivity index (χ2n) is 6.03. The van der Waals surface area contributed by atoms with Gasteiger partial charge in [0.05, 0.1) is 5.69 Å². The fourth-order valence-electron chi connectivity index (χ4n) is 2.64. The van der Waals surface area contributed by atoms with E-state index in [1.54, 1.807) is 11.8 Å². The van der Waals surface area contributed by atoms with Gasteiger partial charge in [-0.05, 0) is 26.1 Å². The van der Waals surface area contributed by atoms with E-state index in [-0.39, 0.29) is 23.1 Å². The number of aryl methyl sites for hydroxylation is 1. The zero-order valence-corrected chi connectivity index (χ0v) is 14.1. The van der Waals surface area contributed by atoms with Crippen LogP contribution in [0.1, 0.15) is 16.3 Å². The summed E-state index contributed by atoms with van der Waals surface area (Å²) in [6, 6.07) is 4.70. The Balaban J connectivity index is 1.81. The summed E-state index contributed by atoms with van der Waals surface area (Å²) < 4.78 is 26.8. The molecule has 25 heavy (non-hydrogen) atoms. The van der Waals surface area contributed by atoms with Crippen LogP contribution in [0.25, 0.3) is 0 Å². The molecule has 0 aliphatic carbocycles. The van der Waals surface area contributed by atoms with Crippen LogP contribution >= 0.6 is 0 Å². The van der Waals surface area contributed by atoms with Gasteiger partial charge in [0.1, 0.15) is 29.0 Å². The normalized spacial score (nSPS) is 15.3. The molecule has 1 fully saturated rings. The summed E-state index contributed by atoms with van der Waals surface area (Å²) in [5.41, 5.74) is 0.333. The SMILES string of the molecule is Cc1nc(Nc2ccc(F)cc2F)cc(C(=O)N2CCN(C)CC2)n1. The minimum atomic E-state index is -0.733. The fraction of sp³-hybridized carbons (Fsp3) is 0.353. The number of nitrogens with one attached hydrogen (secondary N) is 1. The Hall–Kier alpha value is -2.61. The smallest absolute Gasteiger partial charge is 0.272 e. The first-order valence-electron chi connectivity index (χ1n) is 7.98. The molecule has 2 aromatic rings. The number of nitrogens with zero attached hydrogens (tertiary/aromatic N) is 4. The lowest BCUT2D eigenvalue weighted by molar-refractivity contribution is 0.0658. The molecule has 0 spiro atoms. The minimum Gasteiger partial charge on any atom is -0.338 e. The highest BCUT2D eigenvalue weighted by atomic mass is 19.1. The van der Waals surface area contributed by atoms with E-state index in [4.69, 9.17) is 0 Å². The molecule has 132 valence electrons. The van der Waals surface area contributed by atoms with E-state index in [9.17, 15) is 13.6 Å². The van der Waals surface area contributed by atoms with Gasteiger partial charge in [0, 0.05) is 38.3 Å². The number of rotatable bonds is 3. The van der Waals surface area contributed by atoms with E-state index >= 15 is 0 Å². The molecule has 2 heterocycles. The Labute approximate surface area is 144 Å². The van der Waals surface area contributed by atoms with Gasteiger partial charge in [-0.3, -0.25) is 4.79 Å². The standard InChI is InChI=1S/C17H19F2N5O/c1-11-20-15(17(25)24-7-5-23(2)6-8-24)10-16(21-11)22-14-4-3-12(18)9-13(14)19/h3-4,9-10H,5-8H2,1-2H3,(H,20,21,22). The zero-order valence-electron chi connectivity index (χ0n) is 14.1. The molecule has 0 bridgehead atoms. The van der Waals surface area contributed by atoms with Crippen molar-refractivity contribution in [3.8, 4) is 0 Å².